The van der Waals surface area contributed by atoms with E-state index < -0.39 is 5.41 Å². The zero-order chi connectivity index (χ0) is 17.8. The predicted octanol–water partition coefficient (Wildman–Crippen LogP) is 3.63. The first kappa shape index (κ1) is 17.0. The Morgan fingerprint density at radius 3 is 2.68 bits per heavy atom. The monoisotopic (exact) mass is 344 g/mol. The number of carbonyl (C=O) groups excluding carboxylic acids is 3. The van der Waals surface area contributed by atoms with Crippen LogP contribution < -0.4 is 0 Å². The Bertz CT molecular complexity index is 663. The van der Waals surface area contributed by atoms with Gasteiger partial charge in [-0.1, -0.05) is 12.5 Å². The number of fused-ring (bicyclic) bond motifs is 5. The summed E-state index contributed by atoms with van der Waals surface area (Å²) in [4.78, 5) is 36.0. The van der Waals surface area contributed by atoms with Gasteiger partial charge in [0.1, 0.15) is 12.4 Å². The molecule has 4 heteroatoms. The fourth-order valence-electron chi connectivity index (χ4n) is 6.64. The first-order valence-corrected chi connectivity index (χ1v) is 9.77. The van der Waals surface area contributed by atoms with Crippen molar-refractivity contribution in [3.63, 3.8) is 0 Å². The molecule has 0 bridgehead atoms. The van der Waals surface area contributed by atoms with Crippen molar-refractivity contribution in [2.24, 2.45) is 28.6 Å². The van der Waals surface area contributed by atoms with E-state index >= 15 is 0 Å². The number of hydrogen-bond donors (Lipinski definition) is 0. The molecule has 0 N–H and O–H groups in total. The van der Waals surface area contributed by atoms with Crippen LogP contribution in [0.5, 0.6) is 0 Å². The highest BCUT2D eigenvalue weighted by Crippen LogP contribution is 2.64. The molecule has 4 aliphatic carbocycles. The van der Waals surface area contributed by atoms with Crippen molar-refractivity contribution < 1.29 is 19.1 Å². The van der Waals surface area contributed by atoms with Gasteiger partial charge in [0.25, 0.3) is 0 Å². The van der Waals surface area contributed by atoms with Gasteiger partial charge in [-0.05, 0) is 67.8 Å². The van der Waals surface area contributed by atoms with Crippen LogP contribution in [0.2, 0.25) is 0 Å². The van der Waals surface area contributed by atoms with Gasteiger partial charge in [0.15, 0.2) is 5.78 Å². The summed E-state index contributed by atoms with van der Waals surface area (Å²) in [5.41, 5.74) is 1.03. The Balaban J connectivity index is 1.65. The average Bonchev–Trinajstić information content (AvgIpc) is 2.91. The van der Waals surface area contributed by atoms with E-state index in [9.17, 15) is 14.4 Å². The van der Waals surface area contributed by atoms with Crippen molar-refractivity contribution in [2.45, 2.75) is 65.2 Å². The van der Waals surface area contributed by atoms with E-state index in [1.807, 2.05) is 6.08 Å². The standard InChI is InChI=1S/C21H28O4/c1-13(22)25-12-21-10-8-17-16(18(21)5-6-19(21)24)4-3-14-11-15(23)7-9-20(14,17)2/h11,16-18H,3-10,12H2,1-2H3/t16-,17+,18+,20+,21-/m1/s1. The molecule has 5 atom stereocenters. The summed E-state index contributed by atoms with van der Waals surface area (Å²) >= 11 is 0. The summed E-state index contributed by atoms with van der Waals surface area (Å²) in [5, 5.41) is 0. The maximum absolute atomic E-state index is 12.8. The normalized spacial score (nSPS) is 43.0. The molecule has 0 saturated heterocycles. The van der Waals surface area contributed by atoms with Crippen LogP contribution in [0.15, 0.2) is 11.6 Å². The Labute approximate surface area is 149 Å². The van der Waals surface area contributed by atoms with Gasteiger partial charge in [0, 0.05) is 19.8 Å². The second-order valence-corrected chi connectivity index (χ2v) is 8.91. The minimum Gasteiger partial charge on any atom is -0.465 e. The van der Waals surface area contributed by atoms with Gasteiger partial charge in [-0.3, -0.25) is 14.4 Å². The molecule has 0 aromatic rings. The van der Waals surface area contributed by atoms with Crippen LogP contribution in [-0.4, -0.2) is 24.1 Å². The minimum atomic E-state index is -0.436. The molecule has 0 heterocycles. The van der Waals surface area contributed by atoms with Crippen LogP contribution in [0.25, 0.3) is 0 Å². The third kappa shape index (κ3) is 2.43. The van der Waals surface area contributed by atoms with Crippen molar-refractivity contribution in [1.29, 1.82) is 0 Å². The van der Waals surface area contributed by atoms with Gasteiger partial charge in [0.2, 0.25) is 0 Å². The first-order valence-electron chi connectivity index (χ1n) is 9.77. The third-order valence-electron chi connectivity index (χ3n) is 7.94. The van der Waals surface area contributed by atoms with Gasteiger partial charge < -0.3 is 4.74 Å². The lowest BCUT2D eigenvalue weighted by molar-refractivity contribution is -0.155. The Kier molecular flexibility index (Phi) is 3.93. The van der Waals surface area contributed by atoms with E-state index in [0.29, 0.717) is 36.4 Å². The van der Waals surface area contributed by atoms with Crippen molar-refractivity contribution in [3.8, 4) is 0 Å². The quantitative estimate of drug-likeness (QED) is 0.718. The topological polar surface area (TPSA) is 60.4 Å². The first-order chi connectivity index (χ1) is 11.9. The molecule has 0 amide bonds. The lowest BCUT2D eigenvalue weighted by Gasteiger charge is -2.57. The molecule has 25 heavy (non-hydrogen) atoms. The van der Waals surface area contributed by atoms with E-state index in [1.165, 1.54) is 12.5 Å². The molecule has 0 radical (unpaired) electrons. The molecule has 3 fully saturated rings. The van der Waals surface area contributed by atoms with E-state index in [0.717, 1.165) is 38.5 Å². The highest BCUT2D eigenvalue weighted by atomic mass is 16.5. The van der Waals surface area contributed by atoms with Crippen LogP contribution >= 0.6 is 0 Å². The van der Waals surface area contributed by atoms with Gasteiger partial charge in [-0.2, -0.15) is 0 Å². The molecule has 0 aliphatic heterocycles. The Morgan fingerprint density at radius 2 is 1.92 bits per heavy atom. The number of rotatable bonds is 2. The maximum Gasteiger partial charge on any atom is 0.302 e. The molecule has 4 rings (SSSR count). The minimum absolute atomic E-state index is 0.121. The Morgan fingerprint density at radius 1 is 1.12 bits per heavy atom. The molecule has 0 aromatic carbocycles. The zero-order valence-corrected chi connectivity index (χ0v) is 15.3. The SMILES string of the molecule is CC(=O)OC[C@]12CC[C@H]3[C@@H](CCC4=CC(=O)CC[C@@]43C)[C@@H]1CCC2=O. The van der Waals surface area contributed by atoms with Crippen LogP contribution in [0.4, 0.5) is 0 Å². The number of ether oxygens (including phenoxy) is 1. The number of ketones is 2. The van der Waals surface area contributed by atoms with Crippen molar-refractivity contribution in [2.75, 3.05) is 6.61 Å². The molecular formula is C21H28O4. The molecule has 0 unspecified atom stereocenters. The van der Waals surface area contributed by atoms with Crippen LogP contribution in [0, 0.1) is 28.6 Å². The Hall–Kier alpha value is -1.45. The summed E-state index contributed by atoms with van der Waals surface area (Å²) in [6.07, 6.45) is 9.00. The van der Waals surface area contributed by atoms with Gasteiger partial charge in [0.05, 0.1) is 5.41 Å². The summed E-state index contributed by atoms with van der Waals surface area (Å²) < 4.78 is 5.37. The number of allylic oxidation sites excluding steroid dienone is 1. The van der Waals surface area contributed by atoms with Crippen molar-refractivity contribution >= 4 is 17.5 Å². The smallest absolute Gasteiger partial charge is 0.302 e. The summed E-state index contributed by atoms with van der Waals surface area (Å²) in [6.45, 7) is 4.04. The van der Waals surface area contributed by atoms with Gasteiger partial charge in [-0.15, -0.1) is 0 Å². The predicted molar refractivity (Wildman–Crippen MR) is 92.7 cm³/mol. The highest BCUT2D eigenvalue weighted by molar-refractivity contribution is 5.91. The fourth-order valence-corrected chi connectivity index (χ4v) is 6.64. The van der Waals surface area contributed by atoms with Crippen molar-refractivity contribution in [3.05, 3.63) is 11.6 Å². The van der Waals surface area contributed by atoms with Crippen LogP contribution in [0.1, 0.15) is 65.2 Å². The lowest BCUT2D eigenvalue weighted by Crippen LogP contribution is -2.53. The number of carbonyl (C=O) groups is 3. The molecule has 136 valence electrons. The van der Waals surface area contributed by atoms with Crippen molar-refractivity contribution in [1.82, 2.24) is 0 Å². The number of esters is 1. The second-order valence-electron chi connectivity index (χ2n) is 8.91. The van der Waals surface area contributed by atoms with Crippen LogP contribution in [0.3, 0.4) is 0 Å². The maximum atomic E-state index is 12.8. The summed E-state index contributed by atoms with van der Waals surface area (Å²) in [7, 11) is 0. The highest BCUT2D eigenvalue weighted by Gasteiger charge is 2.61. The molecule has 4 nitrogen and oxygen atoms in total. The summed E-state index contributed by atoms with van der Waals surface area (Å²) in [5.74, 6) is 1.72. The van der Waals surface area contributed by atoms with E-state index in [2.05, 4.69) is 6.92 Å². The third-order valence-corrected chi connectivity index (χ3v) is 7.94. The lowest BCUT2D eigenvalue weighted by atomic mass is 9.47. The number of Topliss-reactive ketones (excluding diaryl/α,β-unsaturated/α-hetero) is 1. The van der Waals surface area contributed by atoms with E-state index in [-0.39, 0.29) is 23.8 Å². The van der Waals surface area contributed by atoms with Crippen LogP contribution in [-0.2, 0) is 19.1 Å². The van der Waals surface area contributed by atoms with E-state index in [1.54, 1.807) is 0 Å². The summed E-state index contributed by atoms with van der Waals surface area (Å²) in [6, 6.07) is 0. The largest absolute Gasteiger partial charge is 0.465 e. The molecule has 4 aliphatic rings. The fraction of sp³-hybridized carbons (Fsp3) is 0.762. The molecule has 0 aromatic heterocycles. The molecule has 3 saturated carbocycles. The molecule has 0 spiro atoms. The van der Waals surface area contributed by atoms with Gasteiger partial charge in [-0.25, -0.2) is 0 Å². The number of hydrogen-bond acceptors (Lipinski definition) is 4. The molecular weight excluding hydrogens is 316 g/mol. The zero-order valence-electron chi connectivity index (χ0n) is 15.3. The van der Waals surface area contributed by atoms with E-state index in [4.69, 9.17) is 4.74 Å². The second kappa shape index (κ2) is 5.78. The average molecular weight is 344 g/mol. The van der Waals surface area contributed by atoms with Gasteiger partial charge >= 0.3 is 5.97 Å².